The van der Waals surface area contributed by atoms with Crippen LogP contribution in [0.2, 0.25) is 0 Å². The molecule has 1 fully saturated rings. The summed E-state index contributed by atoms with van der Waals surface area (Å²) in [6, 6.07) is 3.56. The molecule has 1 aromatic rings. The first-order valence-electron chi connectivity index (χ1n) is 6.60. The van der Waals surface area contributed by atoms with Crippen LogP contribution < -0.4 is 5.32 Å². The lowest BCUT2D eigenvalue weighted by molar-refractivity contribution is 0.0692. The number of nitrogens with one attached hydrogen (secondary N) is 1. The molecule has 1 aliphatic rings. The molecule has 104 valence electrons. The highest BCUT2D eigenvalue weighted by Crippen LogP contribution is 2.32. The smallest absolute Gasteiger partial charge is 0.271 e. The fourth-order valence-electron chi connectivity index (χ4n) is 2.81. The van der Waals surface area contributed by atoms with Crippen molar-refractivity contribution in [2.24, 2.45) is 5.92 Å². The fourth-order valence-corrected chi connectivity index (χ4v) is 3.24. The van der Waals surface area contributed by atoms with E-state index in [2.05, 4.69) is 33.2 Å². The van der Waals surface area contributed by atoms with E-state index >= 15 is 0 Å². The van der Waals surface area contributed by atoms with Gasteiger partial charge in [0.05, 0.1) is 12.1 Å². The number of hydrogen-bond acceptors (Lipinski definition) is 3. The molecule has 0 spiro atoms. The SMILES string of the molecule is CC1CCCC(CO)(NC(=O)c2ncccc2Br)C1. The van der Waals surface area contributed by atoms with Gasteiger partial charge in [0.25, 0.3) is 5.91 Å². The van der Waals surface area contributed by atoms with E-state index in [9.17, 15) is 9.90 Å². The third-order valence-electron chi connectivity index (χ3n) is 3.75. The Bertz CT molecular complexity index is 467. The Morgan fingerprint density at radius 2 is 2.47 bits per heavy atom. The highest BCUT2D eigenvalue weighted by Gasteiger charge is 2.36. The zero-order valence-corrected chi connectivity index (χ0v) is 12.6. The van der Waals surface area contributed by atoms with Gasteiger partial charge in [-0.15, -0.1) is 0 Å². The second-order valence-electron chi connectivity index (χ2n) is 5.43. The molecule has 0 aromatic carbocycles. The zero-order valence-electron chi connectivity index (χ0n) is 11.0. The van der Waals surface area contributed by atoms with E-state index in [4.69, 9.17) is 0 Å². The highest BCUT2D eigenvalue weighted by molar-refractivity contribution is 9.10. The van der Waals surface area contributed by atoms with Gasteiger partial charge in [0.2, 0.25) is 0 Å². The molecule has 1 amide bonds. The van der Waals surface area contributed by atoms with E-state index in [0.29, 0.717) is 16.1 Å². The van der Waals surface area contributed by atoms with E-state index in [1.54, 1.807) is 18.3 Å². The number of hydrogen-bond donors (Lipinski definition) is 2. The number of halogens is 1. The van der Waals surface area contributed by atoms with Crippen molar-refractivity contribution in [3.05, 3.63) is 28.5 Å². The number of aliphatic hydroxyl groups is 1. The van der Waals surface area contributed by atoms with Crippen molar-refractivity contribution >= 4 is 21.8 Å². The maximum atomic E-state index is 12.3. The maximum absolute atomic E-state index is 12.3. The predicted molar refractivity (Wildman–Crippen MR) is 76.9 cm³/mol. The lowest BCUT2D eigenvalue weighted by atomic mass is 9.77. The molecule has 2 N–H and O–H groups in total. The fraction of sp³-hybridized carbons (Fsp3) is 0.571. The van der Waals surface area contributed by atoms with Gasteiger partial charge >= 0.3 is 0 Å². The number of aromatic nitrogens is 1. The van der Waals surface area contributed by atoms with Crippen molar-refractivity contribution in [3.8, 4) is 0 Å². The average Bonchev–Trinajstić information content (AvgIpc) is 2.39. The Morgan fingerprint density at radius 1 is 1.68 bits per heavy atom. The van der Waals surface area contributed by atoms with Crippen molar-refractivity contribution in [1.29, 1.82) is 0 Å². The summed E-state index contributed by atoms with van der Waals surface area (Å²) in [5.74, 6) is 0.295. The van der Waals surface area contributed by atoms with Crippen LogP contribution >= 0.6 is 15.9 Å². The molecule has 0 radical (unpaired) electrons. The summed E-state index contributed by atoms with van der Waals surface area (Å²) in [5.41, 5.74) is -0.125. The Hall–Kier alpha value is -0.940. The molecule has 2 atom stereocenters. The van der Waals surface area contributed by atoms with Crippen molar-refractivity contribution < 1.29 is 9.90 Å². The lowest BCUT2D eigenvalue weighted by Crippen LogP contribution is -2.54. The van der Waals surface area contributed by atoms with E-state index in [0.717, 1.165) is 25.7 Å². The van der Waals surface area contributed by atoms with Gasteiger partial charge in [-0.25, -0.2) is 4.98 Å². The van der Waals surface area contributed by atoms with Gasteiger partial charge in [-0.3, -0.25) is 4.79 Å². The molecule has 2 unspecified atom stereocenters. The summed E-state index contributed by atoms with van der Waals surface area (Å²) in [6.45, 7) is 2.14. The van der Waals surface area contributed by atoms with Crippen LogP contribution in [0.3, 0.4) is 0 Å². The second-order valence-corrected chi connectivity index (χ2v) is 6.28. The maximum Gasteiger partial charge on any atom is 0.271 e. The molecule has 5 heteroatoms. The van der Waals surface area contributed by atoms with Crippen LogP contribution in [0.1, 0.15) is 43.1 Å². The van der Waals surface area contributed by atoms with Gasteiger partial charge in [0.1, 0.15) is 5.69 Å². The summed E-state index contributed by atoms with van der Waals surface area (Å²) < 4.78 is 0.671. The van der Waals surface area contributed by atoms with E-state index in [1.165, 1.54) is 0 Å². The summed E-state index contributed by atoms with van der Waals surface area (Å²) in [6.07, 6.45) is 5.43. The molecule has 4 nitrogen and oxygen atoms in total. The molecule has 1 heterocycles. The summed E-state index contributed by atoms with van der Waals surface area (Å²) in [7, 11) is 0. The van der Waals surface area contributed by atoms with Gasteiger partial charge in [0, 0.05) is 10.7 Å². The Labute approximate surface area is 121 Å². The van der Waals surface area contributed by atoms with E-state index < -0.39 is 5.54 Å². The van der Waals surface area contributed by atoms with E-state index in [1.807, 2.05) is 0 Å². The van der Waals surface area contributed by atoms with E-state index in [-0.39, 0.29) is 12.5 Å². The first-order chi connectivity index (χ1) is 9.06. The lowest BCUT2D eigenvalue weighted by Gasteiger charge is -2.39. The standard InChI is InChI=1S/C14H19BrN2O2/c1-10-4-2-6-14(8-10,9-18)17-13(19)12-11(15)5-3-7-16-12/h3,5,7,10,18H,2,4,6,8-9H2,1H3,(H,17,19). The van der Waals surface area contributed by atoms with Crippen molar-refractivity contribution in [1.82, 2.24) is 10.3 Å². The quantitative estimate of drug-likeness (QED) is 0.897. The number of carbonyl (C=O) groups excluding carboxylic acids is 1. The Balaban J connectivity index is 2.14. The summed E-state index contributed by atoms with van der Waals surface area (Å²) in [4.78, 5) is 16.4. The van der Waals surface area contributed by atoms with Gasteiger partial charge in [-0.1, -0.05) is 19.8 Å². The number of carbonyl (C=O) groups is 1. The Kier molecular flexibility index (Phi) is 4.58. The molecule has 1 aliphatic carbocycles. The molecule has 0 bridgehead atoms. The third-order valence-corrected chi connectivity index (χ3v) is 4.39. The van der Waals surface area contributed by atoms with Gasteiger partial charge in [-0.05, 0) is 46.8 Å². The van der Waals surface area contributed by atoms with Crippen LogP contribution in [0.25, 0.3) is 0 Å². The molecule has 1 aromatic heterocycles. The average molecular weight is 327 g/mol. The van der Waals surface area contributed by atoms with Crippen molar-refractivity contribution in [2.75, 3.05) is 6.61 Å². The molecule has 0 saturated heterocycles. The molecular formula is C14H19BrN2O2. The number of rotatable bonds is 3. The van der Waals surface area contributed by atoms with Crippen LogP contribution in [-0.4, -0.2) is 28.1 Å². The minimum absolute atomic E-state index is 0.0203. The number of amides is 1. The number of nitrogens with zero attached hydrogens (tertiary/aromatic N) is 1. The normalized spacial score (nSPS) is 27.0. The monoisotopic (exact) mass is 326 g/mol. The van der Waals surface area contributed by atoms with Crippen LogP contribution in [0.5, 0.6) is 0 Å². The predicted octanol–water partition coefficient (Wildman–Crippen LogP) is 2.52. The Morgan fingerprint density at radius 3 is 3.11 bits per heavy atom. The molecular weight excluding hydrogens is 308 g/mol. The zero-order chi connectivity index (χ0) is 13.9. The summed E-state index contributed by atoms with van der Waals surface area (Å²) >= 11 is 3.33. The van der Waals surface area contributed by atoms with Crippen molar-refractivity contribution in [2.45, 2.75) is 38.1 Å². The first-order valence-corrected chi connectivity index (χ1v) is 7.39. The highest BCUT2D eigenvalue weighted by atomic mass is 79.9. The molecule has 2 rings (SSSR count). The van der Waals surface area contributed by atoms with Gasteiger partial charge in [-0.2, -0.15) is 0 Å². The molecule has 0 aliphatic heterocycles. The largest absolute Gasteiger partial charge is 0.394 e. The van der Waals surface area contributed by atoms with Gasteiger partial charge in [0.15, 0.2) is 0 Å². The topological polar surface area (TPSA) is 62.2 Å². The molecule has 19 heavy (non-hydrogen) atoms. The number of aliphatic hydroxyl groups excluding tert-OH is 1. The van der Waals surface area contributed by atoms with Gasteiger partial charge < -0.3 is 10.4 Å². The number of pyridine rings is 1. The first kappa shape index (κ1) is 14.5. The van der Waals surface area contributed by atoms with Crippen LogP contribution in [0.15, 0.2) is 22.8 Å². The second kappa shape index (κ2) is 6.01. The van der Waals surface area contributed by atoms with Crippen LogP contribution in [0, 0.1) is 5.92 Å². The van der Waals surface area contributed by atoms with Crippen LogP contribution in [-0.2, 0) is 0 Å². The molecule has 1 saturated carbocycles. The van der Waals surface area contributed by atoms with Crippen molar-refractivity contribution in [3.63, 3.8) is 0 Å². The minimum atomic E-state index is -0.494. The van der Waals surface area contributed by atoms with Crippen LogP contribution in [0.4, 0.5) is 0 Å². The summed E-state index contributed by atoms with van der Waals surface area (Å²) in [5, 5.41) is 12.7. The third kappa shape index (κ3) is 3.34. The minimum Gasteiger partial charge on any atom is -0.394 e.